The first-order valence-corrected chi connectivity index (χ1v) is 6.69. The molecule has 3 unspecified atom stereocenters. The second-order valence-corrected chi connectivity index (χ2v) is 5.49. The summed E-state index contributed by atoms with van der Waals surface area (Å²) in [6.07, 6.45) is 2.89. The Bertz CT molecular complexity index is 244. The van der Waals surface area contributed by atoms with Gasteiger partial charge in [-0.25, -0.2) is 0 Å². The lowest BCUT2D eigenvalue weighted by atomic mass is 10.1. The van der Waals surface area contributed by atoms with Crippen molar-refractivity contribution in [3.8, 4) is 0 Å². The van der Waals surface area contributed by atoms with Gasteiger partial charge >= 0.3 is 0 Å². The molecule has 1 amide bonds. The zero-order chi connectivity index (χ0) is 12.8. The standard InChI is InChI=1S/C13H26N2O2/c1-9(2)10(3)15-13(17)8-14-7-11-5-4-6-12(11)16/h9-12,14,16H,4-8H2,1-3H3,(H,15,17). The molecule has 1 aliphatic carbocycles. The Morgan fingerprint density at radius 3 is 2.59 bits per heavy atom. The summed E-state index contributed by atoms with van der Waals surface area (Å²) in [6, 6.07) is 0.210. The molecule has 0 spiro atoms. The van der Waals surface area contributed by atoms with E-state index in [0.717, 1.165) is 25.8 Å². The van der Waals surface area contributed by atoms with Gasteiger partial charge in [0, 0.05) is 12.6 Å². The van der Waals surface area contributed by atoms with Crippen molar-refractivity contribution in [1.29, 1.82) is 0 Å². The van der Waals surface area contributed by atoms with Crippen LogP contribution in [-0.4, -0.2) is 36.2 Å². The number of rotatable bonds is 6. The lowest BCUT2D eigenvalue weighted by Crippen LogP contribution is -2.42. The average molecular weight is 242 g/mol. The fourth-order valence-corrected chi connectivity index (χ4v) is 2.10. The van der Waals surface area contributed by atoms with E-state index in [4.69, 9.17) is 0 Å². The number of hydrogen-bond acceptors (Lipinski definition) is 3. The minimum absolute atomic E-state index is 0.0405. The summed E-state index contributed by atoms with van der Waals surface area (Å²) in [6.45, 7) is 7.29. The van der Waals surface area contributed by atoms with E-state index < -0.39 is 0 Å². The molecule has 4 nitrogen and oxygen atoms in total. The molecule has 17 heavy (non-hydrogen) atoms. The van der Waals surface area contributed by atoms with E-state index in [1.54, 1.807) is 0 Å². The van der Waals surface area contributed by atoms with Gasteiger partial charge in [-0.2, -0.15) is 0 Å². The first-order valence-electron chi connectivity index (χ1n) is 6.69. The van der Waals surface area contributed by atoms with Crippen LogP contribution in [0, 0.1) is 11.8 Å². The number of amides is 1. The van der Waals surface area contributed by atoms with Crippen LogP contribution in [0.2, 0.25) is 0 Å². The molecule has 0 radical (unpaired) electrons. The molecule has 1 rings (SSSR count). The van der Waals surface area contributed by atoms with Crippen LogP contribution in [0.3, 0.4) is 0 Å². The van der Waals surface area contributed by atoms with Gasteiger partial charge in [0.25, 0.3) is 0 Å². The van der Waals surface area contributed by atoms with Crippen LogP contribution < -0.4 is 10.6 Å². The molecule has 0 aromatic carbocycles. The van der Waals surface area contributed by atoms with Crippen LogP contribution in [0.15, 0.2) is 0 Å². The number of carbonyl (C=O) groups excluding carboxylic acids is 1. The Morgan fingerprint density at radius 2 is 2.06 bits per heavy atom. The molecule has 0 aliphatic heterocycles. The molecule has 3 N–H and O–H groups in total. The Kier molecular flexibility index (Phi) is 5.92. The lowest BCUT2D eigenvalue weighted by molar-refractivity contribution is -0.121. The number of aliphatic hydroxyl groups excluding tert-OH is 1. The minimum atomic E-state index is -0.180. The molecular formula is C13H26N2O2. The van der Waals surface area contributed by atoms with Crippen molar-refractivity contribution < 1.29 is 9.90 Å². The Hall–Kier alpha value is -0.610. The fourth-order valence-electron chi connectivity index (χ4n) is 2.10. The van der Waals surface area contributed by atoms with Gasteiger partial charge in [-0.1, -0.05) is 20.3 Å². The van der Waals surface area contributed by atoms with Crippen molar-refractivity contribution in [2.24, 2.45) is 11.8 Å². The highest BCUT2D eigenvalue weighted by Crippen LogP contribution is 2.24. The van der Waals surface area contributed by atoms with Crippen molar-refractivity contribution >= 4 is 5.91 Å². The summed E-state index contributed by atoms with van der Waals surface area (Å²) in [5, 5.41) is 15.7. The van der Waals surface area contributed by atoms with Crippen LogP contribution in [-0.2, 0) is 4.79 Å². The van der Waals surface area contributed by atoms with E-state index in [1.807, 2.05) is 6.92 Å². The Labute approximate surface area is 104 Å². The van der Waals surface area contributed by atoms with Crippen LogP contribution >= 0.6 is 0 Å². The number of hydrogen-bond donors (Lipinski definition) is 3. The third-order valence-corrected chi connectivity index (χ3v) is 3.70. The Morgan fingerprint density at radius 1 is 1.35 bits per heavy atom. The third-order valence-electron chi connectivity index (χ3n) is 3.70. The fraction of sp³-hybridized carbons (Fsp3) is 0.923. The van der Waals surface area contributed by atoms with Crippen molar-refractivity contribution in [2.45, 2.75) is 52.2 Å². The average Bonchev–Trinajstić information content (AvgIpc) is 2.64. The van der Waals surface area contributed by atoms with Crippen molar-refractivity contribution in [1.82, 2.24) is 10.6 Å². The van der Waals surface area contributed by atoms with Crippen molar-refractivity contribution in [3.63, 3.8) is 0 Å². The quantitative estimate of drug-likeness (QED) is 0.648. The molecule has 100 valence electrons. The maximum absolute atomic E-state index is 11.6. The molecule has 0 aromatic rings. The highest BCUT2D eigenvalue weighted by Gasteiger charge is 2.24. The first kappa shape index (κ1) is 14.5. The first-order chi connectivity index (χ1) is 8.00. The molecule has 0 saturated heterocycles. The highest BCUT2D eigenvalue weighted by atomic mass is 16.3. The van der Waals surface area contributed by atoms with E-state index in [-0.39, 0.29) is 18.1 Å². The van der Waals surface area contributed by atoms with Gasteiger partial charge in [-0.05, 0) is 31.6 Å². The molecule has 1 saturated carbocycles. The van der Waals surface area contributed by atoms with Crippen molar-refractivity contribution in [2.75, 3.05) is 13.1 Å². The van der Waals surface area contributed by atoms with Gasteiger partial charge in [0.05, 0.1) is 12.6 Å². The molecule has 1 aliphatic rings. The molecular weight excluding hydrogens is 216 g/mol. The molecule has 4 heteroatoms. The van der Waals surface area contributed by atoms with E-state index in [1.165, 1.54) is 0 Å². The monoisotopic (exact) mass is 242 g/mol. The zero-order valence-electron chi connectivity index (χ0n) is 11.2. The predicted molar refractivity (Wildman–Crippen MR) is 68.7 cm³/mol. The maximum atomic E-state index is 11.6. The summed E-state index contributed by atoms with van der Waals surface area (Å²) >= 11 is 0. The van der Waals surface area contributed by atoms with Gasteiger partial charge in [-0.15, -0.1) is 0 Å². The lowest BCUT2D eigenvalue weighted by Gasteiger charge is -2.19. The third kappa shape index (κ3) is 5.04. The van der Waals surface area contributed by atoms with Crippen LogP contribution in [0.4, 0.5) is 0 Å². The normalized spacial score (nSPS) is 26.2. The summed E-state index contributed by atoms with van der Waals surface area (Å²) in [7, 11) is 0. The van der Waals surface area contributed by atoms with Gasteiger partial charge < -0.3 is 15.7 Å². The predicted octanol–water partition coefficient (Wildman–Crippen LogP) is 0.898. The smallest absolute Gasteiger partial charge is 0.234 e. The van der Waals surface area contributed by atoms with Crippen LogP contribution in [0.1, 0.15) is 40.0 Å². The molecule has 1 fully saturated rings. The van der Waals surface area contributed by atoms with E-state index in [0.29, 0.717) is 18.4 Å². The van der Waals surface area contributed by atoms with Gasteiger partial charge in [-0.3, -0.25) is 4.79 Å². The highest BCUT2D eigenvalue weighted by molar-refractivity contribution is 5.78. The number of carbonyl (C=O) groups is 1. The summed E-state index contributed by atoms with van der Waals surface area (Å²) in [5.41, 5.74) is 0. The van der Waals surface area contributed by atoms with Gasteiger partial charge in [0.15, 0.2) is 0 Å². The summed E-state index contributed by atoms with van der Waals surface area (Å²) < 4.78 is 0. The van der Waals surface area contributed by atoms with E-state index in [2.05, 4.69) is 24.5 Å². The van der Waals surface area contributed by atoms with E-state index >= 15 is 0 Å². The largest absolute Gasteiger partial charge is 0.393 e. The molecule has 0 bridgehead atoms. The molecule has 3 atom stereocenters. The maximum Gasteiger partial charge on any atom is 0.234 e. The second-order valence-electron chi connectivity index (χ2n) is 5.49. The topological polar surface area (TPSA) is 61.4 Å². The second kappa shape index (κ2) is 6.97. The van der Waals surface area contributed by atoms with Crippen LogP contribution in [0.5, 0.6) is 0 Å². The van der Waals surface area contributed by atoms with Crippen molar-refractivity contribution in [3.05, 3.63) is 0 Å². The number of aliphatic hydroxyl groups is 1. The Balaban J connectivity index is 2.11. The van der Waals surface area contributed by atoms with Gasteiger partial charge in [0.2, 0.25) is 5.91 Å². The van der Waals surface area contributed by atoms with Crippen LogP contribution in [0.25, 0.3) is 0 Å². The zero-order valence-corrected chi connectivity index (χ0v) is 11.2. The molecule has 0 heterocycles. The minimum Gasteiger partial charge on any atom is -0.393 e. The van der Waals surface area contributed by atoms with E-state index in [9.17, 15) is 9.90 Å². The number of nitrogens with one attached hydrogen (secondary N) is 2. The van der Waals surface area contributed by atoms with Gasteiger partial charge in [0.1, 0.15) is 0 Å². The summed E-state index contributed by atoms with van der Waals surface area (Å²) in [5.74, 6) is 0.819. The summed E-state index contributed by atoms with van der Waals surface area (Å²) in [4.78, 5) is 11.6. The SMILES string of the molecule is CC(C)C(C)NC(=O)CNCC1CCCC1O. The molecule has 0 aromatic heterocycles.